The Morgan fingerprint density at radius 1 is 1.02 bits per heavy atom. The van der Waals surface area contributed by atoms with Crippen molar-refractivity contribution < 1.29 is 32.0 Å². The molecule has 0 aliphatic carbocycles. The summed E-state index contributed by atoms with van der Waals surface area (Å²) in [5.41, 5.74) is -0.313. The minimum absolute atomic E-state index is 0.139. The van der Waals surface area contributed by atoms with Gasteiger partial charge in [0.05, 0.1) is 18.8 Å². The van der Waals surface area contributed by atoms with Crippen molar-refractivity contribution in [3.63, 3.8) is 0 Å². The molecule has 11 heteroatoms. The molecule has 0 radical (unpaired) electrons. The molecule has 3 aromatic rings. The maximum atomic E-state index is 13.8. The number of nitrogens with zero attached hydrogens (tertiary/aromatic N) is 2. The second-order valence-electron chi connectivity index (χ2n) is 10.2. The van der Waals surface area contributed by atoms with Crippen LogP contribution in [0.3, 0.4) is 0 Å². The molecule has 1 fully saturated rings. The van der Waals surface area contributed by atoms with Crippen molar-refractivity contribution in [2.45, 2.75) is 32.4 Å². The van der Waals surface area contributed by atoms with Crippen LogP contribution in [-0.4, -0.2) is 55.5 Å². The van der Waals surface area contributed by atoms with E-state index in [4.69, 9.17) is 14.0 Å². The van der Waals surface area contributed by atoms with Gasteiger partial charge in [-0.05, 0) is 42.5 Å². The Morgan fingerprint density at radius 3 is 2.40 bits per heavy atom. The van der Waals surface area contributed by atoms with Gasteiger partial charge in [0.25, 0.3) is 0 Å². The minimum atomic E-state index is -4.59. The Kier molecular flexibility index (Phi) is 9.02. The lowest BCUT2D eigenvalue weighted by atomic mass is 9.93. The van der Waals surface area contributed by atoms with Crippen LogP contribution in [-0.2, 0) is 16.3 Å². The van der Waals surface area contributed by atoms with Crippen molar-refractivity contribution >= 4 is 17.5 Å². The van der Waals surface area contributed by atoms with Crippen molar-refractivity contribution in [2.24, 2.45) is 0 Å². The molecule has 0 atom stereocenters. The maximum absolute atomic E-state index is 13.8. The number of ether oxygens (including phenoxy) is 2. The van der Waals surface area contributed by atoms with E-state index in [1.165, 1.54) is 12.1 Å². The minimum Gasteiger partial charge on any atom is -0.492 e. The highest BCUT2D eigenvalue weighted by Crippen LogP contribution is 2.34. The number of hydrogen-bond acceptors (Lipinski definition) is 6. The van der Waals surface area contributed by atoms with E-state index in [0.717, 1.165) is 19.2 Å². The summed E-state index contributed by atoms with van der Waals surface area (Å²) in [6.07, 6.45) is -4.59. The molecular formula is C29H31F3N4O4. The number of carbonyl (C=O) groups is 1. The number of amides is 2. The van der Waals surface area contributed by atoms with Crippen LogP contribution in [0.1, 0.15) is 43.2 Å². The number of carbonyl (C=O) groups excluding carboxylic acids is 1. The van der Waals surface area contributed by atoms with E-state index in [0.29, 0.717) is 36.8 Å². The van der Waals surface area contributed by atoms with Gasteiger partial charge in [-0.2, -0.15) is 13.2 Å². The van der Waals surface area contributed by atoms with Crippen molar-refractivity contribution in [2.75, 3.05) is 50.1 Å². The van der Waals surface area contributed by atoms with Crippen LogP contribution in [0.4, 0.5) is 29.5 Å². The summed E-state index contributed by atoms with van der Waals surface area (Å²) in [5.74, 6) is 6.41. The number of morpholine rings is 1. The van der Waals surface area contributed by atoms with Gasteiger partial charge >= 0.3 is 12.2 Å². The monoisotopic (exact) mass is 556 g/mol. The number of urea groups is 1. The predicted octanol–water partition coefficient (Wildman–Crippen LogP) is 5.75. The van der Waals surface area contributed by atoms with Crippen molar-refractivity contribution in [1.29, 1.82) is 0 Å². The molecule has 2 amide bonds. The third kappa shape index (κ3) is 8.24. The summed E-state index contributed by atoms with van der Waals surface area (Å²) in [6, 6.07) is 11.3. The molecule has 2 aromatic carbocycles. The van der Waals surface area contributed by atoms with Gasteiger partial charge in [-0.1, -0.05) is 37.8 Å². The summed E-state index contributed by atoms with van der Waals surface area (Å²) in [7, 11) is 0. The average Bonchev–Trinajstić information content (AvgIpc) is 3.38. The van der Waals surface area contributed by atoms with Gasteiger partial charge in [-0.25, -0.2) is 4.79 Å². The van der Waals surface area contributed by atoms with Gasteiger partial charge in [-0.15, -0.1) is 0 Å². The van der Waals surface area contributed by atoms with Crippen LogP contribution in [0.25, 0.3) is 0 Å². The Bertz CT molecular complexity index is 1360. The van der Waals surface area contributed by atoms with Crippen LogP contribution in [0.15, 0.2) is 53.1 Å². The second-order valence-corrected chi connectivity index (χ2v) is 10.2. The molecule has 40 heavy (non-hydrogen) atoms. The average molecular weight is 557 g/mol. The van der Waals surface area contributed by atoms with Gasteiger partial charge in [0, 0.05) is 47.9 Å². The fourth-order valence-electron chi connectivity index (χ4n) is 3.82. The smallest absolute Gasteiger partial charge is 0.417 e. The Balaban J connectivity index is 1.36. The van der Waals surface area contributed by atoms with Crippen LogP contribution in [0.5, 0.6) is 5.75 Å². The largest absolute Gasteiger partial charge is 0.492 e. The number of anilines is 2. The van der Waals surface area contributed by atoms with Gasteiger partial charge in [0.2, 0.25) is 0 Å². The predicted molar refractivity (Wildman–Crippen MR) is 144 cm³/mol. The zero-order valence-electron chi connectivity index (χ0n) is 22.5. The molecule has 1 aromatic heterocycles. The Morgan fingerprint density at radius 2 is 1.75 bits per heavy atom. The Labute approximate surface area is 230 Å². The first-order chi connectivity index (χ1) is 19.0. The Hall–Kier alpha value is -4.01. The first-order valence-electron chi connectivity index (χ1n) is 12.8. The maximum Gasteiger partial charge on any atom is 0.417 e. The lowest BCUT2D eigenvalue weighted by molar-refractivity contribution is -0.137. The number of alkyl halides is 3. The van der Waals surface area contributed by atoms with Crippen molar-refractivity contribution in [3.05, 3.63) is 71.0 Å². The van der Waals surface area contributed by atoms with Crippen LogP contribution >= 0.6 is 0 Å². The highest BCUT2D eigenvalue weighted by atomic mass is 19.4. The number of rotatable bonds is 6. The highest BCUT2D eigenvalue weighted by Gasteiger charge is 2.33. The summed E-state index contributed by atoms with van der Waals surface area (Å²) < 4.78 is 57.4. The van der Waals surface area contributed by atoms with Gasteiger partial charge in [0.1, 0.15) is 18.1 Å². The molecule has 2 heterocycles. The molecule has 0 unspecified atom stereocenters. The molecule has 1 saturated heterocycles. The SMILES string of the molecule is CC(C)(C)c1cc(NC(=O)Nc2ccc(C#Cc3ccc(OCCN4CCOCC4)cc3C(F)(F)F)cc2)no1. The summed E-state index contributed by atoms with van der Waals surface area (Å²) in [5, 5.41) is 9.09. The van der Waals surface area contributed by atoms with Crippen LogP contribution in [0, 0.1) is 11.8 Å². The molecule has 1 aliphatic rings. The molecule has 0 bridgehead atoms. The van der Waals surface area contributed by atoms with Gasteiger partial charge < -0.3 is 19.3 Å². The lowest BCUT2D eigenvalue weighted by Gasteiger charge is -2.26. The molecule has 212 valence electrons. The highest BCUT2D eigenvalue weighted by molar-refractivity contribution is 5.99. The topological polar surface area (TPSA) is 88.9 Å². The number of hydrogen-bond donors (Lipinski definition) is 2. The fraction of sp³-hybridized carbons (Fsp3) is 0.379. The molecule has 0 spiro atoms. The van der Waals surface area contributed by atoms with Gasteiger partial charge in [-0.3, -0.25) is 10.2 Å². The fourth-order valence-corrected chi connectivity index (χ4v) is 3.82. The van der Waals surface area contributed by atoms with E-state index in [1.807, 2.05) is 20.8 Å². The standard InChI is InChI=1S/C29H31F3N4O4/c1-28(2,3)25-19-26(35-40-25)34-27(37)33-22-9-5-20(6-10-22)4-7-21-8-11-23(18-24(21)29(30,31)32)39-17-14-36-12-15-38-16-13-36/h5-6,8-11,18-19H,12-17H2,1-3H3,(H2,33,34,35,37). The molecular weight excluding hydrogens is 525 g/mol. The van der Waals surface area contributed by atoms with E-state index in [2.05, 4.69) is 32.5 Å². The summed E-state index contributed by atoms with van der Waals surface area (Å²) in [4.78, 5) is 14.4. The van der Waals surface area contributed by atoms with E-state index >= 15 is 0 Å². The molecule has 0 saturated carbocycles. The number of aromatic nitrogens is 1. The second kappa shape index (κ2) is 12.4. The first-order valence-corrected chi connectivity index (χ1v) is 12.8. The molecule has 8 nitrogen and oxygen atoms in total. The van der Waals surface area contributed by atoms with Crippen LogP contribution < -0.4 is 15.4 Å². The first kappa shape index (κ1) is 29.0. The summed E-state index contributed by atoms with van der Waals surface area (Å²) in [6.45, 7) is 9.60. The number of nitrogens with one attached hydrogen (secondary N) is 2. The molecule has 4 rings (SSSR count). The van der Waals surface area contributed by atoms with E-state index in [9.17, 15) is 18.0 Å². The van der Waals surface area contributed by atoms with E-state index in [-0.39, 0.29) is 29.2 Å². The zero-order valence-corrected chi connectivity index (χ0v) is 22.5. The lowest BCUT2D eigenvalue weighted by Crippen LogP contribution is -2.38. The van der Waals surface area contributed by atoms with Crippen molar-refractivity contribution in [1.82, 2.24) is 10.1 Å². The van der Waals surface area contributed by atoms with Crippen LogP contribution in [0.2, 0.25) is 0 Å². The summed E-state index contributed by atoms with van der Waals surface area (Å²) >= 11 is 0. The molecule has 2 N–H and O–H groups in total. The molecule has 1 aliphatic heterocycles. The quantitative estimate of drug-likeness (QED) is 0.376. The third-order valence-electron chi connectivity index (χ3n) is 6.05. The van der Waals surface area contributed by atoms with E-state index < -0.39 is 17.8 Å². The number of halogens is 3. The van der Waals surface area contributed by atoms with Gasteiger partial charge in [0.15, 0.2) is 5.82 Å². The number of benzene rings is 2. The van der Waals surface area contributed by atoms with Crippen molar-refractivity contribution in [3.8, 4) is 17.6 Å². The zero-order chi connectivity index (χ0) is 28.8. The normalized spacial score (nSPS) is 14.2. The van der Waals surface area contributed by atoms with E-state index in [1.54, 1.807) is 30.3 Å². The third-order valence-corrected chi connectivity index (χ3v) is 6.05.